The number of morpholine rings is 1. The van der Waals surface area contributed by atoms with Crippen LogP contribution in [0.4, 0.5) is 10.8 Å². The first-order valence-electron chi connectivity index (χ1n) is 8.79. The number of nitrogens with one attached hydrogen (secondary N) is 1. The van der Waals surface area contributed by atoms with E-state index in [9.17, 15) is 4.79 Å². The van der Waals surface area contributed by atoms with E-state index < -0.39 is 0 Å². The van der Waals surface area contributed by atoms with Gasteiger partial charge in [0.05, 0.1) is 13.2 Å². The zero-order chi connectivity index (χ0) is 17.9. The van der Waals surface area contributed by atoms with Gasteiger partial charge in [0, 0.05) is 37.1 Å². The standard InChI is InChI=1S/C18H21N5O2S/c1-2-14-11-16(24)23-18(20-14)26-17(21-23)19-12-13-5-3-4-6-15(13)22-7-9-25-10-8-22/h3-6,11H,2,7-10,12H2,1H3,(H,19,21). The summed E-state index contributed by atoms with van der Waals surface area (Å²) in [7, 11) is 0. The molecular formula is C18H21N5O2S. The molecule has 0 saturated carbocycles. The molecule has 3 heterocycles. The number of fused-ring (bicyclic) bond motifs is 1. The minimum Gasteiger partial charge on any atom is -0.378 e. The lowest BCUT2D eigenvalue weighted by Gasteiger charge is -2.30. The van der Waals surface area contributed by atoms with Gasteiger partial charge in [0.2, 0.25) is 10.1 Å². The van der Waals surface area contributed by atoms with E-state index in [-0.39, 0.29) is 5.56 Å². The Bertz CT molecular complexity index is 962. The third kappa shape index (κ3) is 3.42. The van der Waals surface area contributed by atoms with Crippen molar-refractivity contribution in [3.8, 4) is 0 Å². The van der Waals surface area contributed by atoms with Crippen molar-refractivity contribution in [2.45, 2.75) is 19.9 Å². The fourth-order valence-corrected chi connectivity index (χ4v) is 3.87. The zero-order valence-electron chi connectivity index (χ0n) is 14.6. The van der Waals surface area contributed by atoms with E-state index >= 15 is 0 Å². The molecule has 0 spiro atoms. The maximum absolute atomic E-state index is 12.1. The minimum absolute atomic E-state index is 0.134. The molecule has 2 aromatic heterocycles. The van der Waals surface area contributed by atoms with E-state index in [1.165, 1.54) is 27.1 Å². The molecule has 0 unspecified atom stereocenters. The van der Waals surface area contributed by atoms with E-state index in [0.717, 1.165) is 38.4 Å². The summed E-state index contributed by atoms with van der Waals surface area (Å²) >= 11 is 1.40. The van der Waals surface area contributed by atoms with Crippen molar-refractivity contribution in [3.63, 3.8) is 0 Å². The van der Waals surface area contributed by atoms with Crippen LogP contribution in [0, 0.1) is 0 Å². The topological polar surface area (TPSA) is 71.8 Å². The quantitative estimate of drug-likeness (QED) is 0.741. The number of hydrogen-bond acceptors (Lipinski definition) is 7. The minimum atomic E-state index is -0.134. The normalized spacial score (nSPS) is 14.7. The van der Waals surface area contributed by atoms with Crippen LogP contribution in [0.1, 0.15) is 18.2 Å². The fraction of sp³-hybridized carbons (Fsp3) is 0.389. The molecule has 7 nitrogen and oxygen atoms in total. The van der Waals surface area contributed by atoms with Crippen molar-refractivity contribution in [2.75, 3.05) is 36.5 Å². The second kappa shape index (κ2) is 7.43. The van der Waals surface area contributed by atoms with Crippen LogP contribution in [0.3, 0.4) is 0 Å². The van der Waals surface area contributed by atoms with Crippen LogP contribution in [-0.2, 0) is 17.7 Å². The molecule has 1 aromatic carbocycles. The second-order valence-corrected chi connectivity index (χ2v) is 7.08. The van der Waals surface area contributed by atoms with Gasteiger partial charge in [-0.25, -0.2) is 4.98 Å². The number of aromatic nitrogens is 3. The third-order valence-corrected chi connectivity index (χ3v) is 5.30. The van der Waals surface area contributed by atoms with Gasteiger partial charge in [0.1, 0.15) is 0 Å². The molecule has 1 aliphatic heterocycles. The van der Waals surface area contributed by atoms with Gasteiger partial charge in [-0.2, -0.15) is 4.52 Å². The molecule has 8 heteroatoms. The van der Waals surface area contributed by atoms with Gasteiger partial charge in [-0.15, -0.1) is 5.10 Å². The monoisotopic (exact) mass is 371 g/mol. The largest absolute Gasteiger partial charge is 0.378 e. The third-order valence-electron chi connectivity index (χ3n) is 4.43. The van der Waals surface area contributed by atoms with Crippen LogP contribution in [0.2, 0.25) is 0 Å². The summed E-state index contributed by atoms with van der Waals surface area (Å²) in [6.45, 7) is 5.94. The molecule has 1 fully saturated rings. The Hall–Kier alpha value is -2.45. The Kier molecular flexibility index (Phi) is 4.85. The van der Waals surface area contributed by atoms with E-state index in [2.05, 4.69) is 38.5 Å². The molecule has 136 valence electrons. The van der Waals surface area contributed by atoms with E-state index in [1.54, 1.807) is 6.07 Å². The predicted octanol–water partition coefficient (Wildman–Crippen LogP) is 2.16. The number of hydrogen-bond donors (Lipinski definition) is 1. The first-order valence-corrected chi connectivity index (χ1v) is 9.60. The Morgan fingerprint density at radius 1 is 1.27 bits per heavy atom. The Morgan fingerprint density at radius 3 is 2.88 bits per heavy atom. The highest BCUT2D eigenvalue weighted by Gasteiger charge is 2.15. The van der Waals surface area contributed by atoms with Crippen molar-refractivity contribution >= 4 is 27.1 Å². The van der Waals surface area contributed by atoms with Gasteiger partial charge in [0.15, 0.2) is 0 Å². The summed E-state index contributed by atoms with van der Waals surface area (Å²) < 4.78 is 6.81. The van der Waals surface area contributed by atoms with Crippen LogP contribution in [0.5, 0.6) is 0 Å². The summed E-state index contributed by atoms with van der Waals surface area (Å²) in [5.41, 5.74) is 3.07. The van der Waals surface area contributed by atoms with Gasteiger partial charge in [-0.05, 0) is 18.1 Å². The van der Waals surface area contributed by atoms with Crippen LogP contribution >= 0.6 is 11.3 Å². The van der Waals surface area contributed by atoms with Gasteiger partial charge in [-0.3, -0.25) is 4.79 Å². The van der Waals surface area contributed by atoms with Crippen molar-refractivity contribution in [1.29, 1.82) is 0 Å². The summed E-state index contributed by atoms with van der Waals surface area (Å²) in [5.74, 6) is 0. The SMILES string of the molecule is CCc1cc(=O)n2nc(NCc3ccccc3N3CCOCC3)sc2n1. The fourth-order valence-electron chi connectivity index (χ4n) is 3.05. The number of benzene rings is 1. The van der Waals surface area contributed by atoms with Gasteiger partial charge >= 0.3 is 0 Å². The highest BCUT2D eigenvalue weighted by atomic mass is 32.1. The summed E-state index contributed by atoms with van der Waals surface area (Å²) in [4.78, 5) is 19.6. The Balaban J connectivity index is 1.55. The Morgan fingerprint density at radius 2 is 2.08 bits per heavy atom. The molecule has 1 N–H and O–H groups in total. The van der Waals surface area contributed by atoms with E-state index in [0.29, 0.717) is 16.6 Å². The number of nitrogens with zero attached hydrogens (tertiary/aromatic N) is 4. The van der Waals surface area contributed by atoms with Crippen LogP contribution < -0.4 is 15.8 Å². The highest BCUT2D eigenvalue weighted by Crippen LogP contribution is 2.24. The molecule has 0 radical (unpaired) electrons. The molecule has 1 saturated heterocycles. The summed E-state index contributed by atoms with van der Waals surface area (Å²) in [6.07, 6.45) is 0.735. The van der Waals surface area contributed by atoms with Crippen molar-refractivity contribution < 1.29 is 4.74 Å². The lowest BCUT2D eigenvalue weighted by Crippen LogP contribution is -2.36. The summed E-state index contributed by atoms with van der Waals surface area (Å²) in [5, 5.41) is 8.40. The maximum Gasteiger partial charge on any atom is 0.275 e. The number of rotatable bonds is 5. The Labute approximate surface area is 155 Å². The molecule has 1 aliphatic rings. The number of ether oxygens (including phenoxy) is 1. The molecule has 0 atom stereocenters. The average Bonchev–Trinajstić information content (AvgIpc) is 3.11. The van der Waals surface area contributed by atoms with Crippen LogP contribution in [0.25, 0.3) is 4.96 Å². The lowest BCUT2D eigenvalue weighted by atomic mass is 10.1. The average molecular weight is 371 g/mol. The molecule has 0 aliphatic carbocycles. The summed E-state index contributed by atoms with van der Waals surface area (Å²) in [6, 6.07) is 9.90. The zero-order valence-corrected chi connectivity index (χ0v) is 15.5. The predicted molar refractivity (Wildman–Crippen MR) is 103 cm³/mol. The first-order chi connectivity index (χ1) is 12.7. The smallest absolute Gasteiger partial charge is 0.275 e. The van der Waals surface area contributed by atoms with Crippen molar-refractivity contribution in [3.05, 3.63) is 51.9 Å². The first kappa shape index (κ1) is 17.0. The molecule has 0 bridgehead atoms. The highest BCUT2D eigenvalue weighted by molar-refractivity contribution is 7.20. The van der Waals surface area contributed by atoms with Crippen LogP contribution in [0.15, 0.2) is 35.1 Å². The molecule has 0 amide bonds. The van der Waals surface area contributed by atoms with Crippen LogP contribution in [-0.4, -0.2) is 40.9 Å². The molecule has 26 heavy (non-hydrogen) atoms. The molecule has 3 aromatic rings. The second-order valence-electron chi connectivity index (χ2n) is 6.12. The number of para-hydroxylation sites is 1. The maximum atomic E-state index is 12.1. The van der Waals surface area contributed by atoms with Gasteiger partial charge < -0.3 is 15.0 Å². The molecule has 4 rings (SSSR count). The van der Waals surface area contributed by atoms with E-state index in [4.69, 9.17) is 4.74 Å². The number of anilines is 2. The van der Waals surface area contributed by atoms with E-state index in [1.807, 2.05) is 13.0 Å². The van der Waals surface area contributed by atoms with Crippen molar-refractivity contribution in [1.82, 2.24) is 14.6 Å². The molecular weight excluding hydrogens is 350 g/mol. The number of aryl methyl sites for hydroxylation is 1. The van der Waals surface area contributed by atoms with Gasteiger partial charge in [0.25, 0.3) is 5.56 Å². The van der Waals surface area contributed by atoms with Gasteiger partial charge in [-0.1, -0.05) is 36.5 Å². The lowest BCUT2D eigenvalue weighted by molar-refractivity contribution is 0.122. The van der Waals surface area contributed by atoms with Crippen molar-refractivity contribution in [2.24, 2.45) is 0 Å².